The second kappa shape index (κ2) is 9.57. The van der Waals surface area contributed by atoms with Crippen LogP contribution >= 0.6 is 0 Å². The monoisotopic (exact) mass is 259 g/mol. The Labute approximate surface area is 108 Å². The third-order valence-corrected chi connectivity index (χ3v) is 2.52. The minimum absolute atomic E-state index is 0. The van der Waals surface area contributed by atoms with Crippen LogP contribution in [-0.2, 0) is 32.7 Å². The SMILES string of the molecule is [CH2-]CCCCCN1CC[NH2+]CC1.[Y]. The molecule has 1 rings (SSSR count). The van der Waals surface area contributed by atoms with Gasteiger partial charge in [0.15, 0.2) is 0 Å². The van der Waals surface area contributed by atoms with Gasteiger partial charge in [-0.3, -0.25) is 4.90 Å². The van der Waals surface area contributed by atoms with Gasteiger partial charge in [0.2, 0.25) is 0 Å². The predicted octanol–water partition coefficient (Wildman–Crippen LogP) is 0.257. The molecule has 0 aromatic rings. The summed E-state index contributed by atoms with van der Waals surface area (Å²) in [7, 11) is 0. The molecule has 0 aromatic carbocycles. The molecule has 1 radical (unpaired) electrons. The van der Waals surface area contributed by atoms with Crippen LogP contribution in [0.2, 0.25) is 0 Å². The molecule has 0 saturated carbocycles. The zero-order valence-electron chi connectivity index (χ0n) is 8.67. The molecule has 2 N–H and O–H groups in total. The van der Waals surface area contributed by atoms with Gasteiger partial charge in [0.1, 0.15) is 0 Å². The second-order valence-corrected chi connectivity index (χ2v) is 3.62. The molecule has 1 heterocycles. The molecule has 0 bridgehead atoms. The molecule has 3 heteroatoms. The maximum atomic E-state index is 3.85. The number of quaternary nitrogens is 1. The Morgan fingerprint density at radius 3 is 2.38 bits per heavy atom. The first kappa shape index (κ1) is 14.0. The molecule has 1 aliphatic heterocycles. The molecule has 0 spiro atoms. The van der Waals surface area contributed by atoms with E-state index in [0.29, 0.717) is 0 Å². The molecule has 75 valence electrons. The summed E-state index contributed by atoms with van der Waals surface area (Å²) in [4.78, 5) is 2.59. The van der Waals surface area contributed by atoms with Gasteiger partial charge in [-0.1, -0.05) is 12.8 Å². The zero-order chi connectivity index (χ0) is 8.65. The van der Waals surface area contributed by atoms with Gasteiger partial charge in [0.05, 0.1) is 13.1 Å². The van der Waals surface area contributed by atoms with E-state index in [1.54, 1.807) is 0 Å². The molecule has 1 aliphatic rings. The van der Waals surface area contributed by atoms with Gasteiger partial charge in [-0.15, -0.1) is 0 Å². The minimum Gasteiger partial charge on any atom is -0.344 e. The number of nitrogens with zero attached hydrogens (tertiary/aromatic N) is 1. The first-order valence-corrected chi connectivity index (χ1v) is 5.27. The van der Waals surface area contributed by atoms with Crippen molar-refractivity contribution >= 4 is 0 Å². The van der Waals surface area contributed by atoms with Crippen molar-refractivity contribution in [2.75, 3.05) is 32.7 Å². The summed E-state index contributed by atoms with van der Waals surface area (Å²) in [5, 5.41) is 2.41. The van der Waals surface area contributed by atoms with E-state index in [0.717, 1.165) is 6.42 Å². The normalized spacial score (nSPS) is 18.2. The fraction of sp³-hybridized carbons (Fsp3) is 0.900. The van der Waals surface area contributed by atoms with Crippen LogP contribution in [0, 0.1) is 6.92 Å². The van der Waals surface area contributed by atoms with Gasteiger partial charge < -0.3 is 12.2 Å². The largest absolute Gasteiger partial charge is 0.344 e. The number of nitrogens with two attached hydrogens (primary N) is 1. The average molecular weight is 259 g/mol. The topological polar surface area (TPSA) is 19.9 Å². The third kappa shape index (κ3) is 7.01. The zero-order valence-corrected chi connectivity index (χ0v) is 11.5. The number of hydrogen-bond donors (Lipinski definition) is 1. The van der Waals surface area contributed by atoms with Crippen molar-refractivity contribution in [2.45, 2.75) is 25.7 Å². The quantitative estimate of drug-likeness (QED) is 0.554. The van der Waals surface area contributed by atoms with Crippen LogP contribution in [0.1, 0.15) is 25.7 Å². The van der Waals surface area contributed by atoms with E-state index in [1.807, 2.05) is 0 Å². The number of piperazine rings is 1. The minimum atomic E-state index is 0. The maximum Gasteiger partial charge on any atom is 0.0885 e. The van der Waals surface area contributed by atoms with E-state index in [1.165, 1.54) is 52.0 Å². The van der Waals surface area contributed by atoms with Gasteiger partial charge in [-0.05, 0) is 13.0 Å². The van der Waals surface area contributed by atoms with Crippen LogP contribution in [0.4, 0.5) is 0 Å². The Morgan fingerprint density at radius 1 is 1.08 bits per heavy atom. The third-order valence-electron chi connectivity index (χ3n) is 2.52. The summed E-state index contributed by atoms with van der Waals surface area (Å²) in [6.45, 7) is 10.4. The van der Waals surface area contributed by atoms with Crippen molar-refractivity contribution in [1.29, 1.82) is 0 Å². The van der Waals surface area contributed by atoms with E-state index in [-0.39, 0.29) is 32.7 Å². The standard InChI is InChI=1S/C10H21N2.Y/c1-2-3-4-5-8-12-9-6-11-7-10-12;/h11H,1-10H2;/q-1;/p+1. The predicted molar refractivity (Wildman–Crippen MR) is 51.9 cm³/mol. The Hall–Kier alpha value is 1.02. The van der Waals surface area contributed by atoms with Crippen molar-refractivity contribution in [2.24, 2.45) is 0 Å². The summed E-state index contributed by atoms with van der Waals surface area (Å²) < 4.78 is 0. The molecule has 1 fully saturated rings. The van der Waals surface area contributed by atoms with Crippen LogP contribution in [0.25, 0.3) is 0 Å². The number of hydrogen-bond acceptors (Lipinski definition) is 1. The number of unbranched alkanes of at least 4 members (excludes halogenated alkanes) is 3. The Kier molecular flexibility index (Phi) is 10.3. The molecule has 0 unspecified atom stereocenters. The molecule has 2 nitrogen and oxygen atoms in total. The maximum absolute atomic E-state index is 3.85. The van der Waals surface area contributed by atoms with E-state index in [4.69, 9.17) is 0 Å². The molecule has 13 heavy (non-hydrogen) atoms. The smallest absolute Gasteiger partial charge is 0.0885 e. The van der Waals surface area contributed by atoms with E-state index in [9.17, 15) is 0 Å². The molecular weight excluding hydrogens is 237 g/mol. The van der Waals surface area contributed by atoms with Crippen LogP contribution in [-0.4, -0.2) is 37.6 Å². The average Bonchev–Trinajstić information content (AvgIpc) is 2.14. The van der Waals surface area contributed by atoms with Gasteiger partial charge in [-0.25, -0.2) is 0 Å². The van der Waals surface area contributed by atoms with Crippen molar-refractivity contribution in [1.82, 2.24) is 4.90 Å². The molecule has 0 atom stereocenters. The Morgan fingerprint density at radius 2 is 1.77 bits per heavy atom. The Balaban J connectivity index is 0.00000144. The molecule has 0 aliphatic carbocycles. The Bertz CT molecular complexity index is 103. The van der Waals surface area contributed by atoms with Crippen molar-refractivity contribution in [3.05, 3.63) is 6.92 Å². The fourth-order valence-electron chi connectivity index (χ4n) is 1.72. The van der Waals surface area contributed by atoms with E-state index in [2.05, 4.69) is 17.1 Å². The number of rotatable bonds is 5. The summed E-state index contributed by atoms with van der Waals surface area (Å²) in [5.74, 6) is 0. The van der Waals surface area contributed by atoms with E-state index < -0.39 is 0 Å². The van der Waals surface area contributed by atoms with Gasteiger partial charge >= 0.3 is 0 Å². The van der Waals surface area contributed by atoms with E-state index >= 15 is 0 Å². The van der Waals surface area contributed by atoms with Crippen molar-refractivity contribution < 1.29 is 38.0 Å². The summed E-state index contributed by atoms with van der Waals surface area (Å²) >= 11 is 0. The van der Waals surface area contributed by atoms with Gasteiger partial charge in [-0.2, -0.15) is 6.42 Å². The summed E-state index contributed by atoms with van der Waals surface area (Å²) in [6, 6.07) is 0. The molecular formula is C10H22N2Y. The van der Waals surface area contributed by atoms with Crippen LogP contribution in [0.5, 0.6) is 0 Å². The first-order valence-electron chi connectivity index (χ1n) is 5.27. The summed E-state index contributed by atoms with van der Waals surface area (Å²) in [5.41, 5.74) is 0. The van der Waals surface area contributed by atoms with Gasteiger partial charge in [0.25, 0.3) is 0 Å². The van der Waals surface area contributed by atoms with Crippen molar-refractivity contribution in [3.8, 4) is 0 Å². The van der Waals surface area contributed by atoms with Gasteiger partial charge in [0, 0.05) is 45.8 Å². The molecule has 1 saturated heterocycles. The summed E-state index contributed by atoms with van der Waals surface area (Å²) in [6.07, 6.45) is 5.15. The first-order chi connectivity index (χ1) is 5.93. The molecule has 0 amide bonds. The van der Waals surface area contributed by atoms with Crippen LogP contribution in [0.3, 0.4) is 0 Å². The van der Waals surface area contributed by atoms with Crippen LogP contribution in [0.15, 0.2) is 0 Å². The fourth-order valence-corrected chi connectivity index (χ4v) is 1.72. The van der Waals surface area contributed by atoms with Crippen molar-refractivity contribution in [3.63, 3.8) is 0 Å². The van der Waals surface area contributed by atoms with Crippen LogP contribution < -0.4 is 5.32 Å². The second-order valence-electron chi connectivity index (χ2n) is 3.62. The molecule has 0 aromatic heterocycles.